The molecule has 4 aromatic rings. The predicted octanol–water partition coefficient (Wildman–Crippen LogP) is 5.58. The molecule has 3 unspecified atom stereocenters. The maximum absolute atomic E-state index is 14.5. The highest BCUT2D eigenvalue weighted by Crippen LogP contribution is 2.70. The molecule has 11 nitrogen and oxygen atoms in total. The van der Waals surface area contributed by atoms with Crippen molar-refractivity contribution in [3.63, 3.8) is 0 Å². The Labute approximate surface area is 312 Å². The second kappa shape index (κ2) is 12.2. The van der Waals surface area contributed by atoms with Gasteiger partial charge in [-0.2, -0.15) is 5.10 Å². The number of aromatic amines is 2. The van der Waals surface area contributed by atoms with E-state index in [1.807, 2.05) is 41.3 Å². The van der Waals surface area contributed by atoms with Gasteiger partial charge in [0.1, 0.15) is 11.5 Å². The van der Waals surface area contributed by atoms with Crippen molar-refractivity contribution in [2.24, 2.45) is 22.7 Å². The molecule has 13 heteroatoms. The molecule has 5 fully saturated rings. The third-order valence-electron chi connectivity index (χ3n) is 14.2. The number of pyridine rings is 1. The minimum Gasteiger partial charge on any atom is -0.357 e. The number of anilines is 2. The van der Waals surface area contributed by atoms with E-state index in [9.17, 15) is 23.2 Å². The van der Waals surface area contributed by atoms with Crippen LogP contribution in [0, 0.1) is 22.7 Å². The number of benzene rings is 1. The topological polar surface area (TPSA) is 130 Å². The molecule has 7 heterocycles. The summed E-state index contributed by atoms with van der Waals surface area (Å²) in [6, 6.07) is 12.1. The predicted molar refractivity (Wildman–Crippen MR) is 199 cm³/mol. The molecule has 1 aromatic carbocycles. The summed E-state index contributed by atoms with van der Waals surface area (Å²) >= 11 is 0. The number of imide groups is 1. The standard InChI is InChI=1S/C41H46F2N8O3/c1-39-21-32-29(20-33(39)41(39,42)43)36(48-47-32)31-18-25-2-4-27(19-30(25)45-31)51-17-12-40(38(51)54)10-15-49(16-11-40)23-24-8-13-50(14-9-24)34-6-3-26(22-44-34)28-5-7-35(52)46-37(28)53/h2-4,6,18-19,22,24,28,33,45H,5,7-17,20-21,23H2,1H3,(H,47,48)(H,46,52,53). The van der Waals surface area contributed by atoms with E-state index in [-0.39, 0.29) is 29.1 Å². The summed E-state index contributed by atoms with van der Waals surface area (Å²) in [5.41, 5.74) is 4.62. The van der Waals surface area contributed by atoms with Crippen molar-refractivity contribution in [3.8, 4) is 11.4 Å². The van der Waals surface area contributed by atoms with Gasteiger partial charge in [-0.25, -0.2) is 13.8 Å². The van der Waals surface area contributed by atoms with E-state index in [0.717, 1.165) is 115 Å². The minimum atomic E-state index is -2.63. The van der Waals surface area contributed by atoms with Gasteiger partial charge in [0, 0.05) is 84.4 Å². The Bertz CT molecular complexity index is 2160. The van der Waals surface area contributed by atoms with Gasteiger partial charge in [0.25, 0.3) is 5.92 Å². The van der Waals surface area contributed by atoms with Crippen molar-refractivity contribution in [1.29, 1.82) is 0 Å². The van der Waals surface area contributed by atoms with Crippen LogP contribution in [0.2, 0.25) is 0 Å². The first-order valence-corrected chi connectivity index (χ1v) is 19.7. The van der Waals surface area contributed by atoms with E-state index in [1.165, 1.54) is 0 Å². The summed E-state index contributed by atoms with van der Waals surface area (Å²) in [4.78, 5) is 52.9. The number of halogens is 2. The summed E-state index contributed by atoms with van der Waals surface area (Å²) in [7, 11) is 0. The van der Waals surface area contributed by atoms with E-state index in [0.29, 0.717) is 38.1 Å². The summed E-state index contributed by atoms with van der Waals surface area (Å²) in [6.07, 6.45) is 8.12. The molecular formula is C41H46F2N8O3. The number of nitrogens with zero attached hydrogens (tertiary/aromatic N) is 5. The Balaban J connectivity index is 0.733. The lowest BCUT2D eigenvalue weighted by Crippen LogP contribution is -2.47. The monoisotopic (exact) mass is 736 g/mol. The number of amides is 3. The average Bonchev–Trinajstić information content (AvgIpc) is 3.68. The van der Waals surface area contributed by atoms with E-state index in [2.05, 4.69) is 35.3 Å². The van der Waals surface area contributed by atoms with Crippen LogP contribution < -0.4 is 15.1 Å². The fourth-order valence-electron chi connectivity index (χ4n) is 10.4. The van der Waals surface area contributed by atoms with E-state index < -0.39 is 17.3 Å². The SMILES string of the molecule is CC12Cc3[nH]nc(-c4cc5ccc(N6CCC7(CCN(CC8CCN(c9ccc(C%10CCC(=O)NC%10=O)cn9)CC8)CC7)C6=O)cc5[nH]4)c3CC1C2(F)F. The Hall–Kier alpha value is -4.65. The highest BCUT2D eigenvalue weighted by Gasteiger charge is 2.78. The number of nitrogens with one attached hydrogen (secondary N) is 3. The van der Waals surface area contributed by atoms with Crippen molar-refractivity contribution in [3.05, 3.63) is 59.4 Å². The third kappa shape index (κ3) is 5.31. The fourth-order valence-corrected chi connectivity index (χ4v) is 10.4. The first-order chi connectivity index (χ1) is 26.0. The number of H-pyrrole nitrogens is 2. The van der Waals surface area contributed by atoms with Crippen LogP contribution in [0.15, 0.2) is 42.6 Å². The highest BCUT2D eigenvalue weighted by molar-refractivity contribution is 6.02. The molecule has 1 saturated carbocycles. The number of carbonyl (C=O) groups is 3. The second-order valence-corrected chi connectivity index (χ2v) is 17.1. The van der Waals surface area contributed by atoms with Gasteiger partial charge in [0.05, 0.1) is 17.0 Å². The summed E-state index contributed by atoms with van der Waals surface area (Å²) in [5.74, 6) is -2.26. The third-order valence-corrected chi connectivity index (χ3v) is 14.2. The molecule has 2 aliphatic carbocycles. The second-order valence-electron chi connectivity index (χ2n) is 17.1. The number of piperidine rings is 3. The van der Waals surface area contributed by atoms with Gasteiger partial charge >= 0.3 is 0 Å². The zero-order chi connectivity index (χ0) is 37.0. The summed E-state index contributed by atoms with van der Waals surface area (Å²) in [5, 5.41) is 11.0. The maximum atomic E-state index is 14.5. The molecular weight excluding hydrogens is 691 g/mol. The first-order valence-electron chi connectivity index (χ1n) is 19.7. The van der Waals surface area contributed by atoms with Crippen LogP contribution in [-0.2, 0) is 27.2 Å². The number of carbonyl (C=O) groups excluding carboxylic acids is 3. The van der Waals surface area contributed by atoms with Gasteiger partial charge in [0.2, 0.25) is 17.7 Å². The van der Waals surface area contributed by atoms with Crippen molar-refractivity contribution in [2.75, 3.05) is 49.1 Å². The van der Waals surface area contributed by atoms with E-state index in [4.69, 9.17) is 0 Å². The van der Waals surface area contributed by atoms with Crippen molar-refractivity contribution in [1.82, 2.24) is 30.4 Å². The van der Waals surface area contributed by atoms with Gasteiger partial charge in [0.15, 0.2) is 0 Å². The Morgan fingerprint density at radius 3 is 2.50 bits per heavy atom. The lowest BCUT2D eigenvalue weighted by molar-refractivity contribution is -0.134. The Morgan fingerprint density at radius 1 is 0.944 bits per heavy atom. The van der Waals surface area contributed by atoms with Gasteiger partial charge in [-0.3, -0.25) is 24.8 Å². The van der Waals surface area contributed by atoms with Crippen LogP contribution in [0.5, 0.6) is 0 Å². The van der Waals surface area contributed by atoms with Crippen molar-refractivity contribution in [2.45, 2.75) is 76.6 Å². The minimum absolute atomic E-state index is 0.207. The van der Waals surface area contributed by atoms with Gasteiger partial charge in [-0.15, -0.1) is 0 Å². The smallest absolute Gasteiger partial charge is 0.258 e. The molecule has 3 atom stereocenters. The number of likely N-dealkylation sites (tertiary alicyclic amines) is 1. The summed E-state index contributed by atoms with van der Waals surface area (Å²) < 4.78 is 29.1. The normalized spacial score (nSPS) is 28.1. The van der Waals surface area contributed by atoms with Crippen LogP contribution in [0.4, 0.5) is 20.3 Å². The summed E-state index contributed by atoms with van der Waals surface area (Å²) in [6.45, 7) is 7.19. The molecule has 3 aromatic heterocycles. The van der Waals surface area contributed by atoms with E-state index >= 15 is 0 Å². The van der Waals surface area contributed by atoms with Crippen molar-refractivity contribution >= 4 is 40.1 Å². The molecule has 3 N–H and O–H groups in total. The van der Waals surface area contributed by atoms with Crippen molar-refractivity contribution < 1.29 is 23.2 Å². The van der Waals surface area contributed by atoms with Crippen LogP contribution in [0.25, 0.3) is 22.3 Å². The number of hydrogen-bond donors (Lipinski definition) is 3. The van der Waals surface area contributed by atoms with Gasteiger partial charge in [-0.05, 0) is 93.8 Å². The number of aromatic nitrogens is 4. The van der Waals surface area contributed by atoms with Gasteiger partial charge < -0.3 is 19.7 Å². The largest absolute Gasteiger partial charge is 0.357 e. The van der Waals surface area contributed by atoms with Crippen LogP contribution in [0.3, 0.4) is 0 Å². The number of rotatable bonds is 6. The molecule has 282 valence electrons. The Kier molecular flexibility index (Phi) is 7.64. The van der Waals surface area contributed by atoms with Gasteiger partial charge in [-0.1, -0.05) is 19.1 Å². The average molecular weight is 737 g/mol. The number of hydrogen-bond acceptors (Lipinski definition) is 7. The molecule has 4 aliphatic heterocycles. The Morgan fingerprint density at radius 2 is 1.74 bits per heavy atom. The maximum Gasteiger partial charge on any atom is 0.258 e. The molecule has 3 amide bonds. The lowest BCUT2D eigenvalue weighted by Gasteiger charge is -2.41. The van der Waals surface area contributed by atoms with Crippen LogP contribution >= 0.6 is 0 Å². The molecule has 1 spiro atoms. The molecule has 54 heavy (non-hydrogen) atoms. The fraction of sp³-hybridized carbons (Fsp3) is 0.537. The molecule has 0 bridgehead atoms. The quantitative estimate of drug-likeness (QED) is 0.221. The number of fused-ring (bicyclic) bond motifs is 3. The molecule has 0 radical (unpaired) electrons. The molecule has 6 aliphatic rings. The first kappa shape index (κ1) is 33.9. The molecule has 10 rings (SSSR count). The zero-order valence-corrected chi connectivity index (χ0v) is 30.6. The van der Waals surface area contributed by atoms with Crippen LogP contribution in [0.1, 0.15) is 74.6 Å². The zero-order valence-electron chi connectivity index (χ0n) is 30.6. The van der Waals surface area contributed by atoms with E-state index in [1.54, 1.807) is 13.1 Å². The highest BCUT2D eigenvalue weighted by atomic mass is 19.3. The molecule has 4 saturated heterocycles. The lowest BCUT2D eigenvalue weighted by atomic mass is 9.77. The van der Waals surface area contributed by atoms with Crippen LogP contribution in [-0.4, -0.2) is 88.0 Å². The number of alkyl halides is 2.